The van der Waals surface area contributed by atoms with Gasteiger partial charge in [0.25, 0.3) is 0 Å². The topological polar surface area (TPSA) is 83.1 Å². The van der Waals surface area contributed by atoms with E-state index in [1.807, 2.05) is 24.3 Å². The summed E-state index contributed by atoms with van der Waals surface area (Å²) in [7, 11) is 3.34. The van der Waals surface area contributed by atoms with Crippen LogP contribution in [0.4, 0.5) is 17.1 Å². The Hall–Kier alpha value is -3.10. The SMILES string of the molecule is COc1ccc(NC(=O)C(C)N(C)CC(=O)Nc2ccc(N3CCOCC3)cc2)cc1. The van der Waals surface area contributed by atoms with Crippen molar-refractivity contribution in [2.24, 2.45) is 0 Å². The van der Waals surface area contributed by atoms with Gasteiger partial charge in [0.2, 0.25) is 11.8 Å². The molecule has 1 saturated heterocycles. The van der Waals surface area contributed by atoms with E-state index in [1.165, 1.54) is 0 Å². The van der Waals surface area contributed by atoms with Crippen LogP contribution < -0.4 is 20.3 Å². The molecule has 3 rings (SSSR count). The molecule has 8 nitrogen and oxygen atoms in total. The second-order valence-electron chi connectivity index (χ2n) is 7.50. The summed E-state index contributed by atoms with van der Waals surface area (Å²) in [5.41, 5.74) is 2.52. The molecule has 1 heterocycles. The van der Waals surface area contributed by atoms with E-state index in [1.54, 1.807) is 50.2 Å². The number of hydrogen-bond donors (Lipinski definition) is 2. The largest absolute Gasteiger partial charge is 0.497 e. The Morgan fingerprint density at radius 2 is 1.61 bits per heavy atom. The third kappa shape index (κ3) is 6.44. The van der Waals surface area contributed by atoms with Crippen molar-refractivity contribution in [3.8, 4) is 5.75 Å². The fraction of sp³-hybridized carbons (Fsp3) is 0.391. The number of nitrogens with zero attached hydrogens (tertiary/aromatic N) is 2. The van der Waals surface area contributed by atoms with Crippen molar-refractivity contribution in [1.29, 1.82) is 0 Å². The number of morpholine rings is 1. The lowest BCUT2D eigenvalue weighted by Crippen LogP contribution is -2.43. The van der Waals surface area contributed by atoms with Crippen molar-refractivity contribution in [2.45, 2.75) is 13.0 Å². The molecule has 31 heavy (non-hydrogen) atoms. The molecule has 0 aromatic heterocycles. The van der Waals surface area contributed by atoms with Gasteiger partial charge in [-0.3, -0.25) is 14.5 Å². The van der Waals surface area contributed by atoms with Crippen molar-refractivity contribution < 1.29 is 19.1 Å². The number of hydrogen-bond acceptors (Lipinski definition) is 6. The van der Waals surface area contributed by atoms with Gasteiger partial charge < -0.3 is 25.0 Å². The highest BCUT2D eigenvalue weighted by Gasteiger charge is 2.20. The van der Waals surface area contributed by atoms with Crippen LogP contribution in [0.1, 0.15) is 6.92 Å². The Labute approximate surface area is 183 Å². The monoisotopic (exact) mass is 426 g/mol. The van der Waals surface area contributed by atoms with Gasteiger partial charge in [0.15, 0.2) is 0 Å². The minimum absolute atomic E-state index is 0.0996. The van der Waals surface area contributed by atoms with Crippen molar-refractivity contribution >= 4 is 28.9 Å². The highest BCUT2D eigenvalue weighted by molar-refractivity contribution is 5.96. The van der Waals surface area contributed by atoms with Crippen LogP contribution in [0, 0.1) is 0 Å². The maximum Gasteiger partial charge on any atom is 0.241 e. The summed E-state index contributed by atoms with van der Waals surface area (Å²) in [4.78, 5) is 28.9. The summed E-state index contributed by atoms with van der Waals surface area (Å²) in [6.45, 7) is 5.07. The zero-order valence-electron chi connectivity index (χ0n) is 18.3. The maximum absolute atomic E-state index is 12.5. The first kappa shape index (κ1) is 22.6. The van der Waals surface area contributed by atoms with Crippen LogP contribution in [0.5, 0.6) is 5.75 Å². The van der Waals surface area contributed by atoms with Gasteiger partial charge >= 0.3 is 0 Å². The van der Waals surface area contributed by atoms with E-state index in [4.69, 9.17) is 9.47 Å². The van der Waals surface area contributed by atoms with Gasteiger partial charge in [-0.05, 0) is 62.5 Å². The Morgan fingerprint density at radius 1 is 1.03 bits per heavy atom. The number of nitrogens with one attached hydrogen (secondary N) is 2. The fourth-order valence-corrected chi connectivity index (χ4v) is 3.26. The van der Waals surface area contributed by atoms with E-state index in [0.29, 0.717) is 5.69 Å². The Kier molecular flexibility index (Phi) is 7.86. The summed E-state index contributed by atoms with van der Waals surface area (Å²) >= 11 is 0. The van der Waals surface area contributed by atoms with Gasteiger partial charge in [-0.1, -0.05) is 0 Å². The molecule has 8 heteroatoms. The molecule has 0 bridgehead atoms. The third-order valence-electron chi connectivity index (χ3n) is 5.32. The van der Waals surface area contributed by atoms with Crippen LogP contribution in [0.15, 0.2) is 48.5 Å². The molecule has 2 aromatic rings. The maximum atomic E-state index is 12.5. The molecule has 1 unspecified atom stereocenters. The lowest BCUT2D eigenvalue weighted by molar-refractivity contribution is -0.122. The molecule has 0 spiro atoms. The second-order valence-corrected chi connectivity index (χ2v) is 7.50. The number of likely N-dealkylation sites (N-methyl/N-ethyl adjacent to an activating group) is 1. The molecular formula is C23H30N4O4. The number of carbonyl (C=O) groups excluding carboxylic acids is 2. The normalized spacial score (nSPS) is 14.8. The summed E-state index contributed by atoms with van der Waals surface area (Å²) in [5.74, 6) is 0.360. The lowest BCUT2D eigenvalue weighted by atomic mass is 10.2. The smallest absolute Gasteiger partial charge is 0.241 e. The minimum atomic E-state index is -0.475. The number of ether oxygens (including phenoxy) is 2. The van der Waals surface area contributed by atoms with Crippen LogP contribution in [0.3, 0.4) is 0 Å². The molecule has 2 N–H and O–H groups in total. The van der Waals surface area contributed by atoms with Gasteiger partial charge in [-0.25, -0.2) is 0 Å². The van der Waals surface area contributed by atoms with Crippen LogP contribution in [0.25, 0.3) is 0 Å². The summed E-state index contributed by atoms with van der Waals surface area (Å²) in [6.07, 6.45) is 0. The number of rotatable bonds is 8. The van der Waals surface area contributed by atoms with Crippen LogP contribution in [-0.2, 0) is 14.3 Å². The number of amides is 2. The molecule has 0 radical (unpaired) electrons. The summed E-state index contributed by atoms with van der Waals surface area (Å²) in [6, 6.07) is 14.4. The molecule has 2 aromatic carbocycles. The van der Waals surface area contributed by atoms with Crippen LogP contribution in [-0.4, -0.2) is 69.8 Å². The molecule has 1 atom stereocenters. The molecule has 166 valence electrons. The highest BCUT2D eigenvalue weighted by atomic mass is 16.5. The zero-order valence-corrected chi connectivity index (χ0v) is 18.3. The zero-order chi connectivity index (χ0) is 22.2. The first-order valence-electron chi connectivity index (χ1n) is 10.3. The number of carbonyl (C=O) groups is 2. The van der Waals surface area contributed by atoms with E-state index in [-0.39, 0.29) is 18.4 Å². The predicted octanol–water partition coefficient (Wildman–Crippen LogP) is 2.43. The molecule has 0 aliphatic carbocycles. The van der Waals surface area contributed by atoms with E-state index in [0.717, 1.165) is 43.4 Å². The van der Waals surface area contributed by atoms with Gasteiger partial charge in [0.1, 0.15) is 5.75 Å². The van der Waals surface area contributed by atoms with E-state index < -0.39 is 6.04 Å². The number of anilines is 3. The molecule has 2 amide bonds. The standard InChI is InChI=1S/C23H30N4O4/c1-17(23(29)25-19-6-10-21(30-3)11-7-19)26(2)16-22(28)24-18-4-8-20(9-5-18)27-12-14-31-15-13-27/h4-11,17H,12-16H2,1-3H3,(H,24,28)(H,25,29). The van der Waals surface area contributed by atoms with E-state index in [2.05, 4.69) is 15.5 Å². The summed E-state index contributed by atoms with van der Waals surface area (Å²) < 4.78 is 10.5. The number of benzene rings is 2. The Balaban J connectivity index is 1.47. The molecule has 1 aliphatic rings. The quantitative estimate of drug-likeness (QED) is 0.675. The fourth-order valence-electron chi connectivity index (χ4n) is 3.26. The predicted molar refractivity (Wildman–Crippen MR) is 122 cm³/mol. The molecule has 0 saturated carbocycles. The van der Waals surface area contributed by atoms with E-state index in [9.17, 15) is 9.59 Å². The van der Waals surface area contributed by atoms with Crippen molar-refractivity contribution in [1.82, 2.24) is 4.90 Å². The third-order valence-corrected chi connectivity index (χ3v) is 5.32. The van der Waals surface area contributed by atoms with E-state index >= 15 is 0 Å². The second kappa shape index (κ2) is 10.8. The first-order chi connectivity index (χ1) is 15.0. The Bertz CT molecular complexity index is 864. The molecule has 1 fully saturated rings. The summed E-state index contributed by atoms with van der Waals surface area (Å²) in [5, 5.41) is 5.74. The van der Waals surface area contributed by atoms with Gasteiger partial charge in [0.05, 0.1) is 32.9 Å². The van der Waals surface area contributed by atoms with Crippen molar-refractivity contribution in [3.05, 3.63) is 48.5 Å². The number of methoxy groups -OCH3 is 1. The van der Waals surface area contributed by atoms with Crippen molar-refractivity contribution in [3.63, 3.8) is 0 Å². The average Bonchev–Trinajstić information content (AvgIpc) is 2.80. The van der Waals surface area contributed by atoms with Crippen LogP contribution >= 0.6 is 0 Å². The van der Waals surface area contributed by atoms with Gasteiger partial charge in [0, 0.05) is 30.2 Å². The highest BCUT2D eigenvalue weighted by Crippen LogP contribution is 2.19. The van der Waals surface area contributed by atoms with Crippen molar-refractivity contribution in [2.75, 3.05) is 62.5 Å². The molecular weight excluding hydrogens is 396 g/mol. The first-order valence-corrected chi connectivity index (χ1v) is 10.3. The van der Waals surface area contributed by atoms with Gasteiger partial charge in [-0.2, -0.15) is 0 Å². The Morgan fingerprint density at radius 3 is 2.23 bits per heavy atom. The lowest BCUT2D eigenvalue weighted by Gasteiger charge is -2.29. The molecule has 1 aliphatic heterocycles. The minimum Gasteiger partial charge on any atom is -0.497 e. The average molecular weight is 427 g/mol. The van der Waals surface area contributed by atoms with Crippen LogP contribution in [0.2, 0.25) is 0 Å². The van der Waals surface area contributed by atoms with Gasteiger partial charge in [-0.15, -0.1) is 0 Å².